The highest BCUT2D eigenvalue weighted by Crippen LogP contribution is 2.42. The van der Waals surface area contributed by atoms with Crippen molar-refractivity contribution in [2.24, 2.45) is 0 Å². The third-order valence-corrected chi connectivity index (χ3v) is 11.8. The van der Waals surface area contributed by atoms with Gasteiger partial charge in [-0.3, -0.25) is 0 Å². The normalized spacial score (nSPS) is 12.1. The van der Waals surface area contributed by atoms with E-state index in [9.17, 15) is 0 Å². The van der Waals surface area contributed by atoms with Crippen molar-refractivity contribution in [3.8, 4) is 22.3 Å². The van der Waals surface area contributed by atoms with Gasteiger partial charge < -0.3 is 0 Å². The Morgan fingerprint density at radius 1 is 0.289 bits per heavy atom. The van der Waals surface area contributed by atoms with E-state index in [-0.39, 0.29) is 0 Å². The van der Waals surface area contributed by atoms with Gasteiger partial charge >= 0.3 is 0 Å². The lowest BCUT2D eigenvalue weighted by Crippen LogP contribution is -1.87. The molecule has 45 heavy (non-hydrogen) atoms. The highest BCUT2D eigenvalue weighted by atomic mass is 32.1. The zero-order valence-corrected chi connectivity index (χ0v) is 26.2. The first-order valence-electron chi connectivity index (χ1n) is 15.4. The smallest absolute Gasteiger partial charge is 0.0355 e. The van der Waals surface area contributed by atoms with Crippen LogP contribution in [0.1, 0.15) is 5.56 Å². The largest absolute Gasteiger partial charge is 0.135 e. The average Bonchev–Trinajstić information content (AvgIpc) is 3.65. The molecule has 0 aliphatic heterocycles. The third kappa shape index (κ3) is 3.83. The first-order valence-corrected chi connectivity index (χ1v) is 17.0. The van der Waals surface area contributed by atoms with Crippen LogP contribution in [0.5, 0.6) is 0 Å². The molecular formula is C43H26S2. The van der Waals surface area contributed by atoms with Crippen molar-refractivity contribution in [2.45, 2.75) is 6.92 Å². The van der Waals surface area contributed by atoms with Crippen LogP contribution in [0.15, 0.2) is 140 Å². The van der Waals surface area contributed by atoms with E-state index in [0.29, 0.717) is 0 Å². The van der Waals surface area contributed by atoms with Gasteiger partial charge in [0.1, 0.15) is 0 Å². The lowest BCUT2D eigenvalue weighted by molar-refractivity contribution is 1.51. The Morgan fingerprint density at radius 3 is 1.22 bits per heavy atom. The Balaban J connectivity index is 1.18. The summed E-state index contributed by atoms with van der Waals surface area (Å²) in [6, 6.07) is 52.5. The maximum absolute atomic E-state index is 2.41. The predicted molar refractivity (Wildman–Crippen MR) is 200 cm³/mol. The molecule has 0 unspecified atom stereocenters. The maximum atomic E-state index is 2.41. The SMILES string of the molecule is Cc1ccc2c(c1)c1cc(-c3ccc4sc5ccccc5c4c3)ccc1c1ccc(-c3ccc4sc5ccccc5c4c3)cc12. The molecule has 0 spiro atoms. The van der Waals surface area contributed by atoms with Crippen molar-refractivity contribution in [1.82, 2.24) is 0 Å². The van der Waals surface area contributed by atoms with E-state index in [1.165, 1.54) is 100 Å². The highest BCUT2D eigenvalue weighted by molar-refractivity contribution is 7.26. The summed E-state index contributed by atoms with van der Waals surface area (Å²) in [4.78, 5) is 0. The molecule has 0 aliphatic carbocycles. The molecule has 0 atom stereocenters. The van der Waals surface area contributed by atoms with Gasteiger partial charge in [0.2, 0.25) is 0 Å². The second-order valence-electron chi connectivity index (χ2n) is 12.2. The molecule has 8 aromatic carbocycles. The lowest BCUT2D eigenvalue weighted by atomic mass is 9.89. The van der Waals surface area contributed by atoms with Crippen LogP contribution in [0, 0.1) is 6.92 Å². The first-order chi connectivity index (χ1) is 22.2. The second kappa shape index (κ2) is 9.49. The number of fused-ring (bicyclic) bond motifs is 12. The highest BCUT2D eigenvalue weighted by Gasteiger charge is 2.14. The molecule has 0 nitrogen and oxygen atoms in total. The Bertz CT molecular complexity index is 2830. The fraction of sp³-hybridized carbons (Fsp3) is 0.0233. The molecule has 0 fully saturated rings. The van der Waals surface area contributed by atoms with Crippen LogP contribution in [0.25, 0.3) is 94.9 Å². The quantitative estimate of drug-likeness (QED) is 0.172. The summed E-state index contributed by atoms with van der Waals surface area (Å²) in [7, 11) is 0. The van der Waals surface area contributed by atoms with Crippen molar-refractivity contribution in [1.29, 1.82) is 0 Å². The summed E-state index contributed by atoms with van der Waals surface area (Å²) in [5, 5.41) is 13.2. The molecular weight excluding hydrogens is 581 g/mol. The third-order valence-electron chi connectivity index (χ3n) is 9.50. The Kier molecular flexibility index (Phi) is 5.34. The van der Waals surface area contributed by atoms with E-state index < -0.39 is 0 Å². The van der Waals surface area contributed by atoms with Crippen LogP contribution >= 0.6 is 22.7 Å². The van der Waals surface area contributed by atoms with Crippen molar-refractivity contribution in [2.75, 3.05) is 0 Å². The molecule has 0 saturated heterocycles. The van der Waals surface area contributed by atoms with Crippen molar-refractivity contribution < 1.29 is 0 Å². The topological polar surface area (TPSA) is 0 Å². The maximum Gasteiger partial charge on any atom is 0.0355 e. The average molecular weight is 607 g/mol. The van der Waals surface area contributed by atoms with Crippen molar-refractivity contribution in [3.05, 3.63) is 145 Å². The van der Waals surface area contributed by atoms with Crippen LogP contribution < -0.4 is 0 Å². The minimum atomic E-state index is 1.26. The molecule has 2 aromatic heterocycles. The van der Waals surface area contributed by atoms with Gasteiger partial charge in [-0.15, -0.1) is 22.7 Å². The van der Waals surface area contributed by atoms with Crippen LogP contribution in [0.4, 0.5) is 0 Å². The van der Waals surface area contributed by atoms with Crippen molar-refractivity contribution >= 4 is 95.3 Å². The monoisotopic (exact) mass is 606 g/mol. The number of rotatable bonds is 2. The molecule has 0 bridgehead atoms. The molecule has 0 N–H and O–H groups in total. The molecule has 0 aliphatic rings. The fourth-order valence-electron chi connectivity index (χ4n) is 7.29. The van der Waals surface area contributed by atoms with Gasteiger partial charge in [-0.2, -0.15) is 0 Å². The van der Waals surface area contributed by atoms with Gasteiger partial charge in [0.15, 0.2) is 0 Å². The van der Waals surface area contributed by atoms with Gasteiger partial charge in [-0.1, -0.05) is 96.6 Å². The van der Waals surface area contributed by atoms with Gasteiger partial charge in [-0.25, -0.2) is 0 Å². The number of aryl methyl sites for hydroxylation is 1. The summed E-state index contributed by atoms with van der Waals surface area (Å²) in [5.41, 5.74) is 6.33. The first kappa shape index (κ1) is 25.3. The molecule has 210 valence electrons. The zero-order chi connectivity index (χ0) is 29.6. The molecule has 0 radical (unpaired) electrons. The summed E-state index contributed by atoms with van der Waals surface area (Å²) in [6.45, 7) is 2.20. The van der Waals surface area contributed by atoms with Crippen LogP contribution in [0.2, 0.25) is 0 Å². The van der Waals surface area contributed by atoms with Gasteiger partial charge in [-0.05, 0) is 110 Å². The Morgan fingerprint density at radius 2 is 0.667 bits per heavy atom. The summed E-state index contributed by atoms with van der Waals surface area (Å²) in [6.07, 6.45) is 0. The van der Waals surface area contributed by atoms with Crippen LogP contribution in [-0.4, -0.2) is 0 Å². The number of hydrogen-bond acceptors (Lipinski definition) is 2. The van der Waals surface area contributed by atoms with Crippen LogP contribution in [0.3, 0.4) is 0 Å². The summed E-state index contributed by atoms with van der Waals surface area (Å²) in [5.74, 6) is 0. The molecule has 2 heteroatoms. The van der Waals surface area contributed by atoms with Crippen LogP contribution in [-0.2, 0) is 0 Å². The lowest BCUT2D eigenvalue weighted by Gasteiger charge is -2.14. The minimum absolute atomic E-state index is 1.26. The van der Waals surface area contributed by atoms with E-state index in [2.05, 4.69) is 146 Å². The van der Waals surface area contributed by atoms with E-state index in [1.54, 1.807) is 0 Å². The van der Waals surface area contributed by atoms with Gasteiger partial charge in [0, 0.05) is 40.3 Å². The molecule has 10 aromatic rings. The fourth-order valence-corrected chi connectivity index (χ4v) is 9.46. The minimum Gasteiger partial charge on any atom is -0.135 e. The van der Waals surface area contributed by atoms with E-state index >= 15 is 0 Å². The Labute approximate surface area is 268 Å². The summed E-state index contributed by atoms with van der Waals surface area (Å²) >= 11 is 3.75. The number of thiophene rings is 2. The van der Waals surface area contributed by atoms with E-state index in [0.717, 1.165) is 0 Å². The van der Waals surface area contributed by atoms with Gasteiger partial charge in [0.25, 0.3) is 0 Å². The molecule has 10 rings (SSSR count). The van der Waals surface area contributed by atoms with Gasteiger partial charge in [0.05, 0.1) is 0 Å². The molecule has 0 saturated carbocycles. The Hall–Kier alpha value is -5.02. The second-order valence-corrected chi connectivity index (χ2v) is 14.4. The van der Waals surface area contributed by atoms with Crippen molar-refractivity contribution in [3.63, 3.8) is 0 Å². The van der Waals surface area contributed by atoms with E-state index in [4.69, 9.17) is 0 Å². The molecule has 2 heterocycles. The zero-order valence-electron chi connectivity index (χ0n) is 24.6. The number of hydrogen-bond donors (Lipinski definition) is 0. The number of benzene rings is 8. The predicted octanol–water partition coefficient (Wildman–Crippen LogP) is 13.5. The van der Waals surface area contributed by atoms with E-state index in [1.807, 2.05) is 22.7 Å². The molecule has 0 amide bonds. The summed E-state index contributed by atoms with van der Waals surface area (Å²) < 4.78 is 5.38. The standard InChI is InChI=1S/C43H26S2/c1-25-10-15-32-35(20-25)37-22-27(29-14-19-43-39(24-29)34-7-3-5-9-41(34)45-43)12-17-31(37)30-16-11-26(21-36(30)32)28-13-18-42-38(23-28)33-6-2-4-8-40(33)44-42/h2-24H,1H3.